The van der Waals surface area contributed by atoms with Crippen molar-refractivity contribution in [3.05, 3.63) is 23.7 Å². The highest BCUT2D eigenvalue weighted by atomic mass is 32.2. The summed E-state index contributed by atoms with van der Waals surface area (Å²) in [6, 6.07) is 3.60. The minimum Gasteiger partial charge on any atom is -0.455 e. The summed E-state index contributed by atoms with van der Waals surface area (Å²) in [5.41, 5.74) is 5.42. The molecular formula is C11H18N2O2S. The summed E-state index contributed by atoms with van der Waals surface area (Å²) in [5, 5.41) is 0. The van der Waals surface area contributed by atoms with Gasteiger partial charge in [-0.1, -0.05) is 0 Å². The molecule has 0 aromatic carbocycles. The molecule has 4 nitrogen and oxygen atoms in total. The van der Waals surface area contributed by atoms with Gasteiger partial charge < -0.3 is 15.1 Å². The van der Waals surface area contributed by atoms with E-state index >= 15 is 0 Å². The van der Waals surface area contributed by atoms with Crippen molar-refractivity contribution in [1.82, 2.24) is 4.90 Å². The molecule has 5 heteroatoms. The lowest BCUT2D eigenvalue weighted by Gasteiger charge is -2.23. The van der Waals surface area contributed by atoms with Gasteiger partial charge in [0.05, 0.1) is 6.54 Å². The number of rotatable bonds is 5. The fraction of sp³-hybridized carbons (Fsp3) is 0.545. The Labute approximate surface area is 100 Å². The fourth-order valence-electron chi connectivity index (χ4n) is 1.33. The predicted molar refractivity (Wildman–Crippen MR) is 66.5 cm³/mol. The summed E-state index contributed by atoms with van der Waals surface area (Å²) < 4.78 is 5.32. The molecule has 0 saturated heterocycles. The Morgan fingerprint density at radius 3 is 2.81 bits per heavy atom. The number of amides is 1. The first-order valence-corrected chi connectivity index (χ1v) is 6.54. The second kappa shape index (κ2) is 5.96. The SMILES string of the molecule is CSCC(C)N(C)C(=O)c1ccc(CN)o1. The molecule has 1 heterocycles. The quantitative estimate of drug-likeness (QED) is 0.851. The Morgan fingerprint density at radius 1 is 1.62 bits per heavy atom. The second-order valence-corrected chi connectivity index (χ2v) is 4.60. The normalized spacial score (nSPS) is 12.5. The van der Waals surface area contributed by atoms with Gasteiger partial charge in [-0.05, 0) is 25.3 Å². The van der Waals surface area contributed by atoms with Gasteiger partial charge in [-0.2, -0.15) is 11.8 Å². The first-order chi connectivity index (χ1) is 7.60. The van der Waals surface area contributed by atoms with Crippen LogP contribution in [0, 0.1) is 0 Å². The Bertz CT molecular complexity index is 352. The summed E-state index contributed by atoms with van der Waals surface area (Å²) in [4.78, 5) is 13.7. The van der Waals surface area contributed by atoms with E-state index in [-0.39, 0.29) is 11.9 Å². The molecule has 1 aromatic rings. The zero-order valence-electron chi connectivity index (χ0n) is 9.90. The number of carbonyl (C=O) groups is 1. The van der Waals surface area contributed by atoms with Crippen LogP contribution in [-0.4, -0.2) is 35.9 Å². The van der Waals surface area contributed by atoms with Gasteiger partial charge in [-0.3, -0.25) is 4.79 Å². The number of nitrogens with two attached hydrogens (primary N) is 1. The highest BCUT2D eigenvalue weighted by molar-refractivity contribution is 7.98. The van der Waals surface area contributed by atoms with Gasteiger partial charge >= 0.3 is 0 Å². The van der Waals surface area contributed by atoms with Crippen molar-refractivity contribution in [3.8, 4) is 0 Å². The average Bonchev–Trinajstić information content (AvgIpc) is 2.75. The Balaban J connectivity index is 2.69. The summed E-state index contributed by atoms with van der Waals surface area (Å²) in [6.07, 6.45) is 2.02. The summed E-state index contributed by atoms with van der Waals surface area (Å²) in [5.74, 6) is 1.80. The maximum Gasteiger partial charge on any atom is 0.289 e. The molecule has 0 saturated carbocycles. The van der Waals surface area contributed by atoms with Crippen molar-refractivity contribution in [2.24, 2.45) is 5.73 Å². The zero-order chi connectivity index (χ0) is 12.1. The van der Waals surface area contributed by atoms with Gasteiger partial charge in [0.2, 0.25) is 0 Å². The molecule has 1 atom stereocenters. The van der Waals surface area contributed by atoms with Gasteiger partial charge in [0, 0.05) is 18.8 Å². The number of carbonyl (C=O) groups excluding carboxylic acids is 1. The van der Waals surface area contributed by atoms with E-state index < -0.39 is 0 Å². The van der Waals surface area contributed by atoms with Crippen LogP contribution >= 0.6 is 11.8 Å². The van der Waals surface area contributed by atoms with E-state index in [4.69, 9.17) is 10.2 Å². The topological polar surface area (TPSA) is 59.5 Å². The van der Waals surface area contributed by atoms with Crippen molar-refractivity contribution < 1.29 is 9.21 Å². The third kappa shape index (κ3) is 3.02. The van der Waals surface area contributed by atoms with Crippen LogP contribution in [-0.2, 0) is 6.54 Å². The van der Waals surface area contributed by atoms with E-state index in [1.165, 1.54) is 0 Å². The number of furan rings is 1. The average molecular weight is 242 g/mol. The molecule has 1 rings (SSSR count). The van der Waals surface area contributed by atoms with Gasteiger partial charge in [-0.15, -0.1) is 0 Å². The van der Waals surface area contributed by atoms with Crippen LogP contribution in [0.25, 0.3) is 0 Å². The second-order valence-electron chi connectivity index (χ2n) is 3.69. The van der Waals surface area contributed by atoms with Gasteiger partial charge in [0.15, 0.2) is 5.76 Å². The largest absolute Gasteiger partial charge is 0.455 e. The molecule has 0 aliphatic rings. The molecule has 16 heavy (non-hydrogen) atoms. The monoisotopic (exact) mass is 242 g/mol. The van der Waals surface area contributed by atoms with E-state index in [2.05, 4.69) is 0 Å². The summed E-state index contributed by atoms with van der Waals surface area (Å²) in [7, 11) is 1.79. The Hall–Kier alpha value is -0.940. The van der Waals surface area contributed by atoms with Crippen molar-refractivity contribution in [2.75, 3.05) is 19.1 Å². The summed E-state index contributed by atoms with van der Waals surface area (Å²) >= 11 is 1.72. The van der Waals surface area contributed by atoms with Crippen LogP contribution in [0.1, 0.15) is 23.2 Å². The standard InChI is InChI=1S/C11H18N2O2S/c1-8(7-16-3)13(2)11(14)10-5-4-9(6-12)15-10/h4-5,8H,6-7,12H2,1-3H3. The van der Waals surface area contributed by atoms with Crippen LogP contribution in [0.4, 0.5) is 0 Å². The van der Waals surface area contributed by atoms with Crippen molar-refractivity contribution >= 4 is 17.7 Å². The lowest BCUT2D eigenvalue weighted by molar-refractivity contribution is 0.0723. The number of hydrogen-bond acceptors (Lipinski definition) is 4. The molecule has 0 radical (unpaired) electrons. The molecule has 1 aromatic heterocycles. The minimum absolute atomic E-state index is 0.0961. The molecule has 2 N–H and O–H groups in total. The van der Waals surface area contributed by atoms with Crippen molar-refractivity contribution in [2.45, 2.75) is 19.5 Å². The van der Waals surface area contributed by atoms with Crippen LogP contribution in [0.15, 0.2) is 16.5 Å². The third-order valence-electron chi connectivity index (χ3n) is 2.46. The van der Waals surface area contributed by atoms with Crippen LogP contribution in [0.2, 0.25) is 0 Å². The maximum atomic E-state index is 12.0. The highest BCUT2D eigenvalue weighted by Gasteiger charge is 2.19. The smallest absolute Gasteiger partial charge is 0.289 e. The molecule has 0 fully saturated rings. The Kier molecular flexibility index (Phi) is 4.89. The van der Waals surface area contributed by atoms with E-state index in [9.17, 15) is 4.79 Å². The molecule has 0 bridgehead atoms. The summed E-state index contributed by atoms with van der Waals surface area (Å²) in [6.45, 7) is 2.33. The maximum absolute atomic E-state index is 12.0. The van der Waals surface area contributed by atoms with Gasteiger partial charge in [-0.25, -0.2) is 0 Å². The van der Waals surface area contributed by atoms with E-state index in [1.54, 1.807) is 35.8 Å². The van der Waals surface area contributed by atoms with E-state index in [0.29, 0.717) is 18.1 Å². The van der Waals surface area contributed by atoms with Crippen molar-refractivity contribution in [3.63, 3.8) is 0 Å². The lowest BCUT2D eigenvalue weighted by Crippen LogP contribution is -2.36. The molecule has 0 aliphatic carbocycles. The molecule has 0 aliphatic heterocycles. The number of thioether (sulfide) groups is 1. The highest BCUT2D eigenvalue weighted by Crippen LogP contribution is 2.12. The fourth-order valence-corrected chi connectivity index (χ4v) is 2.04. The van der Waals surface area contributed by atoms with Crippen LogP contribution in [0.3, 0.4) is 0 Å². The molecule has 0 spiro atoms. The number of hydrogen-bond donors (Lipinski definition) is 1. The Morgan fingerprint density at radius 2 is 2.31 bits per heavy atom. The van der Waals surface area contributed by atoms with Crippen LogP contribution < -0.4 is 5.73 Å². The van der Waals surface area contributed by atoms with E-state index in [1.807, 2.05) is 13.2 Å². The molecule has 1 amide bonds. The minimum atomic E-state index is -0.0961. The third-order valence-corrected chi connectivity index (χ3v) is 3.28. The van der Waals surface area contributed by atoms with Crippen molar-refractivity contribution in [1.29, 1.82) is 0 Å². The van der Waals surface area contributed by atoms with Gasteiger partial charge in [0.1, 0.15) is 5.76 Å². The molecule has 90 valence electrons. The number of nitrogens with zero attached hydrogens (tertiary/aromatic N) is 1. The molecular weight excluding hydrogens is 224 g/mol. The first-order valence-electron chi connectivity index (χ1n) is 5.15. The van der Waals surface area contributed by atoms with Crippen LogP contribution in [0.5, 0.6) is 0 Å². The predicted octanol–water partition coefficient (Wildman–Crippen LogP) is 1.56. The van der Waals surface area contributed by atoms with E-state index in [0.717, 1.165) is 5.75 Å². The van der Waals surface area contributed by atoms with Gasteiger partial charge in [0.25, 0.3) is 5.91 Å². The zero-order valence-corrected chi connectivity index (χ0v) is 10.7. The lowest BCUT2D eigenvalue weighted by atomic mass is 10.3. The first kappa shape index (κ1) is 13.1. The molecule has 1 unspecified atom stereocenters.